The lowest BCUT2D eigenvalue weighted by molar-refractivity contribution is -0.384. The van der Waals surface area contributed by atoms with E-state index in [1.165, 1.54) is 22.8 Å². The molecule has 0 N–H and O–H groups in total. The van der Waals surface area contributed by atoms with E-state index in [1.807, 2.05) is 0 Å². The zero-order valence-electron chi connectivity index (χ0n) is 11.5. The van der Waals surface area contributed by atoms with Gasteiger partial charge in [-0.3, -0.25) is 19.5 Å². The number of aromatic nitrogens is 2. The van der Waals surface area contributed by atoms with Crippen molar-refractivity contribution in [2.75, 3.05) is 0 Å². The summed E-state index contributed by atoms with van der Waals surface area (Å²) in [5, 5.41) is 11.9. The molecule has 1 heterocycles. The Morgan fingerprint density at radius 1 is 1.23 bits per heavy atom. The van der Waals surface area contributed by atoms with E-state index < -0.39 is 4.92 Å². The summed E-state index contributed by atoms with van der Waals surface area (Å²) >= 11 is 5.93. The number of rotatable bonds is 2. The van der Waals surface area contributed by atoms with Crippen molar-refractivity contribution in [3.8, 4) is 5.69 Å². The third kappa shape index (κ3) is 2.23. The van der Waals surface area contributed by atoms with Gasteiger partial charge < -0.3 is 0 Å². The number of para-hydroxylation sites is 2. The molecule has 0 saturated carbocycles. The maximum Gasteiger partial charge on any atom is 0.293 e. The summed E-state index contributed by atoms with van der Waals surface area (Å²) in [7, 11) is 0. The molecule has 0 radical (unpaired) electrons. The van der Waals surface area contributed by atoms with Crippen LogP contribution in [0.1, 0.15) is 5.82 Å². The van der Waals surface area contributed by atoms with Gasteiger partial charge in [-0.2, -0.15) is 0 Å². The molecule has 22 heavy (non-hydrogen) atoms. The summed E-state index contributed by atoms with van der Waals surface area (Å²) < 4.78 is 1.23. The van der Waals surface area contributed by atoms with Crippen LogP contribution in [0.4, 0.5) is 5.69 Å². The third-order valence-corrected chi connectivity index (χ3v) is 3.55. The highest BCUT2D eigenvalue weighted by Crippen LogP contribution is 2.23. The van der Waals surface area contributed by atoms with Crippen molar-refractivity contribution < 1.29 is 4.92 Å². The van der Waals surface area contributed by atoms with Gasteiger partial charge in [-0.1, -0.05) is 23.7 Å². The minimum absolute atomic E-state index is 0.157. The molecule has 0 spiro atoms. The molecule has 0 saturated heterocycles. The van der Waals surface area contributed by atoms with Crippen molar-refractivity contribution in [1.82, 2.24) is 9.55 Å². The van der Waals surface area contributed by atoms with Gasteiger partial charge in [0.1, 0.15) is 11.5 Å². The summed E-state index contributed by atoms with van der Waals surface area (Å²) in [4.78, 5) is 27.7. The second-order valence-corrected chi connectivity index (χ2v) is 5.14. The van der Waals surface area contributed by atoms with Crippen LogP contribution >= 0.6 is 11.6 Å². The second kappa shape index (κ2) is 5.23. The molecule has 110 valence electrons. The molecule has 3 rings (SSSR count). The third-order valence-electron chi connectivity index (χ3n) is 3.32. The monoisotopic (exact) mass is 315 g/mol. The first kappa shape index (κ1) is 14.2. The maximum atomic E-state index is 12.7. The number of nitro benzene ring substituents is 1. The van der Waals surface area contributed by atoms with Crippen LogP contribution in [-0.2, 0) is 0 Å². The summed E-state index contributed by atoms with van der Waals surface area (Å²) in [6.45, 7) is 1.63. The molecule has 7 heteroatoms. The highest BCUT2D eigenvalue weighted by Gasteiger charge is 2.18. The van der Waals surface area contributed by atoms with Crippen LogP contribution in [0.3, 0.4) is 0 Å². The lowest BCUT2D eigenvalue weighted by Crippen LogP contribution is -2.23. The van der Waals surface area contributed by atoms with Crippen LogP contribution < -0.4 is 5.56 Å². The van der Waals surface area contributed by atoms with Crippen LogP contribution in [0.15, 0.2) is 47.3 Å². The number of nitro groups is 1. The van der Waals surface area contributed by atoms with Crippen LogP contribution in [0.25, 0.3) is 16.6 Å². The van der Waals surface area contributed by atoms with Crippen LogP contribution in [0.5, 0.6) is 0 Å². The Bertz CT molecular complexity index is 966. The van der Waals surface area contributed by atoms with Crippen molar-refractivity contribution >= 4 is 28.2 Å². The fourth-order valence-electron chi connectivity index (χ4n) is 2.36. The van der Waals surface area contributed by atoms with Crippen molar-refractivity contribution in [3.63, 3.8) is 0 Å². The smallest absolute Gasteiger partial charge is 0.268 e. The fourth-order valence-corrected chi connectivity index (χ4v) is 2.53. The Balaban J connectivity index is 2.42. The molecule has 0 unspecified atom stereocenters. The SMILES string of the molecule is Cc1nc2ccc(Cl)cc2c(=O)n1-c1ccccc1[N+](=O)[O-]. The van der Waals surface area contributed by atoms with E-state index in [9.17, 15) is 14.9 Å². The first-order valence-corrected chi connectivity index (χ1v) is 6.79. The largest absolute Gasteiger partial charge is 0.293 e. The average molecular weight is 316 g/mol. The lowest BCUT2D eigenvalue weighted by Gasteiger charge is -2.11. The van der Waals surface area contributed by atoms with Crippen molar-refractivity contribution in [3.05, 3.63) is 73.8 Å². The predicted molar refractivity (Wildman–Crippen MR) is 83.7 cm³/mol. The molecule has 0 bridgehead atoms. The highest BCUT2D eigenvalue weighted by atomic mass is 35.5. The van der Waals surface area contributed by atoms with Gasteiger partial charge in [0.15, 0.2) is 0 Å². The van der Waals surface area contributed by atoms with Crippen molar-refractivity contribution in [2.24, 2.45) is 0 Å². The molecule has 1 aromatic heterocycles. The van der Waals surface area contributed by atoms with Gasteiger partial charge >= 0.3 is 0 Å². The minimum atomic E-state index is -0.524. The first-order valence-electron chi connectivity index (χ1n) is 6.42. The Morgan fingerprint density at radius 2 is 1.95 bits per heavy atom. The van der Waals surface area contributed by atoms with E-state index in [0.29, 0.717) is 21.7 Å². The Kier molecular flexibility index (Phi) is 3.38. The van der Waals surface area contributed by atoms with Crippen molar-refractivity contribution in [1.29, 1.82) is 0 Å². The van der Waals surface area contributed by atoms with Crippen LogP contribution in [0.2, 0.25) is 5.02 Å². The number of hydrogen-bond donors (Lipinski definition) is 0. The van der Waals surface area contributed by atoms with Crippen molar-refractivity contribution in [2.45, 2.75) is 6.92 Å². The molecule has 0 atom stereocenters. The topological polar surface area (TPSA) is 78.0 Å². The average Bonchev–Trinajstić information content (AvgIpc) is 2.48. The number of nitrogens with zero attached hydrogens (tertiary/aromatic N) is 3. The fraction of sp³-hybridized carbons (Fsp3) is 0.0667. The van der Waals surface area contributed by atoms with Gasteiger partial charge in [-0.15, -0.1) is 0 Å². The number of aryl methyl sites for hydroxylation is 1. The molecule has 0 fully saturated rings. The molecule has 0 aliphatic heterocycles. The summed E-state index contributed by atoms with van der Waals surface area (Å²) in [6, 6.07) is 10.9. The number of fused-ring (bicyclic) bond motifs is 1. The van der Waals surface area contributed by atoms with Gasteiger partial charge in [0, 0.05) is 11.1 Å². The Hall–Kier alpha value is -2.73. The first-order chi connectivity index (χ1) is 10.5. The van der Waals surface area contributed by atoms with Crippen LogP contribution in [-0.4, -0.2) is 14.5 Å². The van der Waals surface area contributed by atoms with Gasteiger partial charge in [-0.25, -0.2) is 4.98 Å². The lowest BCUT2D eigenvalue weighted by atomic mass is 10.2. The number of hydrogen-bond acceptors (Lipinski definition) is 4. The van der Waals surface area contributed by atoms with Gasteiger partial charge in [0.25, 0.3) is 11.2 Å². The van der Waals surface area contributed by atoms with Gasteiger partial charge in [-0.05, 0) is 31.2 Å². The molecular formula is C15H10ClN3O3. The van der Waals surface area contributed by atoms with Gasteiger partial charge in [0.05, 0.1) is 15.8 Å². The zero-order chi connectivity index (χ0) is 15.9. The molecule has 0 aliphatic carbocycles. The summed E-state index contributed by atoms with van der Waals surface area (Å²) in [5.41, 5.74) is 0.140. The van der Waals surface area contributed by atoms with E-state index in [1.54, 1.807) is 31.2 Å². The molecule has 0 aliphatic rings. The maximum absolute atomic E-state index is 12.7. The molecule has 2 aromatic carbocycles. The highest BCUT2D eigenvalue weighted by molar-refractivity contribution is 6.31. The second-order valence-electron chi connectivity index (χ2n) is 4.71. The standard InChI is InChI=1S/C15H10ClN3O3/c1-9-17-12-7-6-10(16)8-11(12)15(20)18(9)13-4-2-3-5-14(13)19(21)22/h2-8H,1H3. The van der Waals surface area contributed by atoms with E-state index >= 15 is 0 Å². The molecule has 0 amide bonds. The summed E-state index contributed by atoms with van der Waals surface area (Å²) in [5.74, 6) is 0.370. The van der Waals surface area contributed by atoms with E-state index in [2.05, 4.69) is 4.98 Å². The molecular weight excluding hydrogens is 306 g/mol. The van der Waals surface area contributed by atoms with E-state index in [0.717, 1.165) is 0 Å². The number of halogens is 1. The Morgan fingerprint density at radius 3 is 2.68 bits per heavy atom. The number of benzene rings is 2. The predicted octanol–water partition coefficient (Wildman–Crippen LogP) is 3.26. The van der Waals surface area contributed by atoms with Gasteiger partial charge in [0.2, 0.25) is 0 Å². The normalized spacial score (nSPS) is 10.8. The molecule has 3 aromatic rings. The quantitative estimate of drug-likeness (QED) is 0.537. The van der Waals surface area contributed by atoms with Crippen LogP contribution in [0, 0.1) is 17.0 Å². The van der Waals surface area contributed by atoms with E-state index in [4.69, 9.17) is 11.6 Å². The minimum Gasteiger partial charge on any atom is -0.268 e. The summed E-state index contributed by atoms with van der Waals surface area (Å²) in [6.07, 6.45) is 0. The Labute approximate surface area is 129 Å². The zero-order valence-corrected chi connectivity index (χ0v) is 12.2. The van der Waals surface area contributed by atoms with E-state index in [-0.39, 0.29) is 16.9 Å². The molecule has 6 nitrogen and oxygen atoms in total.